The van der Waals surface area contributed by atoms with Crippen molar-refractivity contribution >= 4 is 17.8 Å². The van der Waals surface area contributed by atoms with E-state index in [1.807, 2.05) is 26.0 Å². The molecule has 3 aromatic rings. The summed E-state index contributed by atoms with van der Waals surface area (Å²) in [4.78, 5) is 12.4. The van der Waals surface area contributed by atoms with E-state index < -0.39 is 5.91 Å². The smallest absolute Gasteiger partial charge is 0.267 e. The minimum Gasteiger partial charge on any atom is -0.360 e. The van der Waals surface area contributed by atoms with Crippen molar-refractivity contribution in [1.82, 2.24) is 9.72 Å². The van der Waals surface area contributed by atoms with Crippen molar-refractivity contribution in [2.24, 2.45) is 0 Å². The molecule has 0 bridgehead atoms. The van der Waals surface area contributed by atoms with E-state index in [9.17, 15) is 10.1 Å². The summed E-state index contributed by atoms with van der Waals surface area (Å²) in [6.07, 6.45) is 2.59. The number of hydrogen-bond donors (Lipinski definition) is 1. The van der Waals surface area contributed by atoms with Crippen molar-refractivity contribution in [3.8, 4) is 11.8 Å². The molecule has 6 heteroatoms. The molecule has 0 saturated carbocycles. The number of hydrogen-bond acceptors (Lipinski definition) is 4. The molecule has 0 fully saturated rings. The minimum absolute atomic E-state index is 0.00207. The van der Waals surface area contributed by atoms with Gasteiger partial charge in [0.1, 0.15) is 17.4 Å². The Hall–Kier alpha value is -3.59. The Kier molecular flexibility index (Phi) is 5.46. The Morgan fingerprint density at radius 2 is 1.96 bits per heavy atom. The Labute approximate surface area is 164 Å². The monoisotopic (exact) mass is 374 g/mol. The fraction of sp³-hybridized carbons (Fsp3) is 0.227. The first-order chi connectivity index (χ1) is 13.4. The molecule has 0 aliphatic heterocycles. The lowest BCUT2D eigenvalue weighted by atomic mass is 10.1. The predicted molar refractivity (Wildman–Crippen MR) is 108 cm³/mol. The Morgan fingerprint density at radius 3 is 2.54 bits per heavy atom. The number of aromatic nitrogens is 2. The number of anilines is 1. The fourth-order valence-corrected chi connectivity index (χ4v) is 3.12. The minimum atomic E-state index is -0.520. The van der Waals surface area contributed by atoms with Crippen LogP contribution in [-0.2, 0) is 11.2 Å². The van der Waals surface area contributed by atoms with E-state index in [1.54, 1.807) is 19.1 Å². The molecule has 0 aliphatic rings. The highest BCUT2D eigenvalue weighted by molar-refractivity contribution is 6.09. The van der Waals surface area contributed by atoms with Gasteiger partial charge in [-0.15, -0.1) is 0 Å². The van der Waals surface area contributed by atoms with Crippen LogP contribution in [-0.4, -0.2) is 15.6 Å². The normalized spacial score (nSPS) is 11.3. The highest BCUT2D eigenvalue weighted by Gasteiger charge is 2.15. The summed E-state index contributed by atoms with van der Waals surface area (Å²) in [5.74, 6) is 0.341. The maximum atomic E-state index is 12.4. The van der Waals surface area contributed by atoms with Crippen LogP contribution in [0.15, 0.2) is 46.5 Å². The standard InChI is InChI=1S/C22H22N4O2/c1-5-17-6-8-20(9-7-17)26-14(2)10-18(16(26)4)12-19(13-23)22(27)24-21-11-15(3)28-25-21/h6-12H,5H2,1-4H3,(H,24,25,27)/b19-12-. The van der Waals surface area contributed by atoms with Gasteiger partial charge in [-0.2, -0.15) is 5.26 Å². The maximum Gasteiger partial charge on any atom is 0.267 e. The average molecular weight is 374 g/mol. The first-order valence-electron chi connectivity index (χ1n) is 9.07. The topological polar surface area (TPSA) is 83.9 Å². The molecule has 1 aromatic carbocycles. The van der Waals surface area contributed by atoms with E-state index >= 15 is 0 Å². The highest BCUT2D eigenvalue weighted by Crippen LogP contribution is 2.23. The van der Waals surface area contributed by atoms with E-state index in [2.05, 4.69) is 46.2 Å². The Morgan fingerprint density at radius 1 is 1.25 bits per heavy atom. The molecule has 0 unspecified atom stereocenters. The average Bonchev–Trinajstić information content (AvgIpc) is 3.21. The van der Waals surface area contributed by atoms with Crippen molar-refractivity contribution in [3.63, 3.8) is 0 Å². The van der Waals surface area contributed by atoms with Gasteiger partial charge in [-0.3, -0.25) is 4.79 Å². The van der Waals surface area contributed by atoms with Crippen molar-refractivity contribution < 1.29 is 9.32 Å². The van der Waals surface area contributed by atoms with Crippen LogP contribution in [0.3, 0.4) is 0 Å². The first kappa shape index (κ1) is 19.2. The molecule has 28 heavy (non-hydrogen) atoms. The van der Waals surface area contributed by atoms with Gasteiger partial charge in [-0.1, -0.05) is 24.2 Å². The lowest BCUT2D eigenvalue weighted by molar-refractivity contribution is -0.112. The second-order valence-electron chi connectivity index (χ2n) is 6.63. The predicted octanol–water partition coefficient (Wildman–Crippen LogP) is 4.50. The summed E-state index contributed by atoms with van der Waals surface area (Å²) >= 11 is 0. The lowest BCUT2D eigenvalue weighted by Crippen LogP contribution is -2.13. The van der Waals surface area contributed by atoms with Crippen LogP contribution in [0.4, 0.5) is 5.82 Å². The SMILES string of the molecule is CCc1ccc(-n2c(C)cc(/C=C(/C#N)C(=O)Nc3cc(C)on3)c2C)cc1. The Bertz CT molecular complexity index is 1080. The fourth-order valence-electron chi connectivity index (χ4n) is 3.12. The van der Waals surface area contributed by atoms with Gasteiger partial charge in [0.05, 0.1) is 0 Å². The summed E-state index contributed by atoms with van der Waals surface area (Å²) in [6.45, 7) is 7.83. The van der Waals surface area contributed by atoms with Crippen molar-refractivity contribution in [2.75, 3.05) is 5.32 Å². The number of nitrogens with one attached hydrogen (secondary N) is 1. The second kappa shape index (κ2) is 7.97. The summed E-state index contributed by atoms with van der Waals surface area (Å²) < 4.78 is 7.04. The molecular weight excluding hydrogens is 352 g/mol. The van der Waals surface area contributed by atoms with Gasteiger partial charge in [0.25, 0.3) is 5.91 Å². The van der Waals surface area contributed by atoms with Gasteiger partial charge in [-0.25, -0.2) is 0 Å². The van der Waals surface area contributed by atoms with Gasteiger partial charge < -0.3 is 14.4 Å². The number of rotatable bonds is 5. The molecule has 0 saturated heterocycles. The third-order valence-corrected chi connectivity index (χ3v) is 4.61. The number of benzene rings is 1. The molecule has 6 nitrogen and oxygen atoms in total. The molecule has 2 aromatic heterocycles. The molecule has 0 spiro atoms. The van der Waals surface area contributed by atoms with Crippen LogP contribution in [0.2, 0.25) is 0 Å². The maximum absolute atomic E-state index is 12.4. The van der Waals surface area contributed by atoms with Gasteiger partial charge in [0.2, 0.25) is 0 Å². The Balaban J connectivity index is 1.91. The summed E-state index contributed by atoms with van der Waals surface area (Å²) in [5.41, 5.74) is 5.13. The number of amides is 1. The van der Waals surface area contributed by atoms with Gasteiger partial charge >= 0.3 is 0 Å². The van der Waals surface area contributed by atoms with Crippen LogP contribution >= 0.6 is 0 Å². The highest BCUT2D eigenvalue weighted by atomic mass is 16.5. The number of aryl methyl sites for hydroxylation is 3. The third kappa shape index (κ3) is 3.89. The number of carbonyl (C=O) groups is 1. The van der Waals surface area contributed by atoms with Crippen molar-refractivity contribution in [3.05, 3.63) is 70.2 Å². The lowest BCUT2D eigenvalue weighted by Gasteiger charge is -2.10. The molecule has 0 atom stereocenters. The van der Waals surface area contributed by atoms with Crippen molar-refractivity contribution in [2.45, 2.75) is 34.1 Å². The summed E-state index contributed by atoms with van der Waals surface area (Å²) in [6, 6.07) is 13.9. The van der Waals surface area contributed by atoms with Crippen LogP contribution in [0.5, 0.6) is 0 Å². The van der Waals surface area contributed by atoms with Crippen LogP contribution in [0.25, 0.3) is 11.8 Å². The largest absolute Gasteiger partial charge is 0.360 e. The van der Waals surface area contributed by atoms with Crippen molar-refractivity contribution in [1.29, 1.82) is 5.26 Å². The molecule has 2 heterocycles. The van der Waals surface area contributed by atoms with E-state index in [0.29, 0.717) is 5.76 Å². The van der Waals surface area contributed by atoms with Gasteiger partial charge in [0.15, 0.2) is 5.82 Å². The zero-order valence-corrected chi connectivity index (χ0v) is 16.4. The molecule has 142 valence electrons. The number of nitrogens with zero attached hydrogens (tertiary/aromatic N) is 3. The zero-order valence-electron chi connectivity index (χ0n) is 16.4. The van der Waals surface area contributed by atoms with E-state index in [1.165, 1.54) is 5.56 Å². The first-order valence-corrected chi connectivity index (χ1v) is 9.07. The molecule has 1 N–H and O–H groups in total. The van der Waals surface area contributed by atoms with Gasteiger partial charge in [-0.05, 0) is 62.6 Å². The molecule has 1 amide bonds. The quantitative estimate of drug-likeness (QED) is 0.526. The van der Waals surface area contributed by atoms with Gasteiger partial charge in [0, 0.05) is 23.1 Å². The van der Waals surface area contributed by atoms with Crippen LogP contribution in [0.1, 0.15) is 35.2 Å². The summed E-state index contributed by atoms with van der Waals surface area (Å²) in [7, 11) is 0. The summed E-state index contributed by atoms with van der Waals surface area (Å²) in [5, 5.41) is 15.8. The molecule has 0 aliphatic carbocycles. The molecule has 0 radical (unpaired) electrons. The zero-order chi connectivity index (χ0) is 20.3. The molecular formula is C22H22N4O2. The van der Waals surface area contributed by atoms with E-state index in [4.69, 9.17) is 4.52 Å². The second-order valence-corrected chi connectivity index (χ2v) is 6.63. The third-order valence-electron chi connectivity index (χ3n) is 4.61. The number of carbonyl (C=O) groups excluding carboxylic acids is 1. The van der Waals surface area contributed by atoms with Crippen LogP contribution in [0, 0.1) is 32.1 Å². The molecule has 3 rings (SSSR count). The van der Waals surface area contributed by atoms with E-state index in [0.717, 1.165) is 29.1 Å². The van der Waals surface area contributed by atoms with Crippen LogP contribution < -0.4 is 5.32 Å². The number of nitriles is 1. The van der Waals surface area contributed by atoms with E-state index in [-0.39, 0.29) is 11.4 Å².